The summed E-state index contributed by atoms with van der Waals surface area (Å²) in [7, 11) is 5.59. The highest BCUT2D eigenvalue weighted by Gasteiger charge is 2.47. The van der Waals surface area contributed by atoms with Crippen LogP contribution in [-0.4, -0.2) is 220 Å². The van der Waals surface area contributed by atoms with Gasteiger partial charge in [0.25, 0.3) is 11.8 Å². The lowest BCUT2D eigenvalue weighted by molar-refractivity contribution is -0.163. The summed E-state index contributed by atoms with van der Waals surface area (Å²) < 4.78 is 18.3. The van der Waals surface area contributed by atoms with Gasteiger partial charge in [0.1, 0.15) is 71.8 Å². The van der Waals surface area contributed by atoms with Crippen molar-refractivity contribution in [1.82, 2.24) is 55.7 Å². The van der Waals surface area contributed by atoms with Crippen molar-refractivity contribution in [2.75, 3.05) is 60.1 Å². The van der Waals surface area contributed by atoms with E-state index in [1.54, 1.807) is 62.3 Å². The van der Waals surface area contributed by atoms with Crippen molar-refractivity contribution in [3.8, 4) is 11.5 Å². The van der Waals surface area contributed by atoms with Gasteiger partial charge in [-0.3, -0.25) is 52.7 Å². The number of cyclic esters (lactones) is 2. The quantitative estimate of drug-likeness (QED) is 0.119. The Hall–Kier alpha value is -8.72. The fourth-order valence-electron chi connectivity index (χ4n) is 12.5. The number of nitrogens with one attached hydrogen (secondary N) is 4. The van der Waals surface area contributed by atoms with Crippen LogP contribution in [0.1, 0.15) is 127 Å². The van der Waals surface area contributed by atoms with E-state index in [0.717, 1.165) is 9.80 Å². The highest BCUT2D eigenvalue weighted by Crippen LogP contribution is 2.35. The lowest BCUT2D eigenvalue weighted by Gasteiger charge is -2.36. The van der Waals surface area contributed by atoms with E-state index in [2.05, 4.69) is 21.3 Å². The first-order chi connectivity index (χ1) is 42.5. The van der Waals surface area contributed by atoms with Gasteiger partial charge in [-0.15, -0.1) is 0 Å². The maximum absolute atomic E-state index is 15.2. The number of aryl methyl sites for hydroxylation is 1. The van der Waals surface area contributed by atoms with Crippen molar-refractivity contribution in [3.63, 3.8) is 0 Å². The average molecular weight is 1270 g/mol. The van der Waals surface area contributed by atoms with Gasteiger partial charge in [0.05, 0.1) is 29.9 Å². The number of carbonyl (C=O) groups is 12. The van der Waals surface area contributed by atoms with Crippen molar-refractivity contribution in [3.05, 3.63) is 44.6 Å². The van der Waals surface area contributed by atoms with Crippen LogP contribution in [0.4, 0.5) is 5.69 Å². The maximum atomic E-state index is 15.2. The van der Waals surface area contributed by atoms with Crippen molar-refractivity contribution in [2.45, 2.75) is 170 Å². The summed E-state index contributed by atoms with van der Waals surface area (Å²) in [5.41, 5.74) is 3.57. The molecule has 5 heterocycles. The number of esters is 2. The topological polar surface area (TPSA) is 360 Å². The number of amides is 10. The van der Waals surface area contributed by atoms with E-state index in [1.165, 1.54) is 80.7 Å². The standard InChI is InChI=1S/C63H88N12O16/c1-27(2)43-60(85)74-22-18-19-37(74)58(83)70(14)25-39(76)72(16)49(29(5)6)62(87)89-34(12)45(56(81)66-43)68-54(79)36-21-20-32(10)52-47(36)65-48-41(42(64)51(78)33(11)53(48)91-52)55(80)69-46-35(13)90-63(88)50(30(7)8)73(17)40(77)26-71(15)59(84)38-23-31(9)24-75(38)61(86)44(28(3)4)67-57(46)82/h20-21,27-31,34-35,37-38,43-46,49-50H,18-19,22-26,64H2,1-17H3,(H,66,81)(H,67,82)(H,68,79)(H,69,80). The molecule has 6 N–H and O–H groups in total. The predicted octanol–water partition coefficient (Wildman–Crippen LogP) is 0.972. The number of hydrogen-bond acceptors (Lipinski definition) is 18. The second-order valence-corrected chi connectivity index (χ2v) is 26.2. The molecule has 11 unspecified atom stereocenters. The number of fused-ring (bicyclic) bond motifs is 4. The molecule has 6 aliphatic rings. The maximum Gasteiger partial charge on any atom is 0.329 e. The van der Waals surface area contributed by atoms with E-state index in [9.17, 15) is 52.7 Å². The molecule has 496 valence electrons. The summed E-state index contributed by atoms with van der Waals surface area (Å²) in [6.07, 6.45) is -2.11. The molecule has 28 heteroatoms. The number of hydrogen-bond donors (Lipinski definition) is 5. The van der Waals surface area contributed by atoms with Crippen LogP contribution in [0.2, 0.25) is 0 Å². The largest absolute Gasteiger partial charge is 0.458 e. The predicted molar refractivity (Wildman–Crippen MR) is 330 cm³/mol. The number of aromatic nitrogens is 1. The minimum atomic E-state index is -1.89. The third-order valence-electron chi connectivity index (χ3n) is 17.8. The Bertz CT molecular complexity index is 3450. The molecule has 0 bridgehead atoms. The molecule has 28 nitrogen and oxygen atoms in total. The molecule has 0 aromatic heterocycles. The second kappa shape index (κ2) is 27.8. The molecular weight excluding hydrogens is 1180 g/mol. The number of benzene rings is 2. The Morgan fingerprint density at radius 1 is 0.637 bits per heavy atom. The van der Waals surface area contributed by atoms with Crippen molar-refractivity contribution >= 4 is 87.8 Å². The van der Waals surface area contributed by atoms with E-state index in [4.69, 9.17) is 24.6 Å². The van der Waals surface area contributed by atoms with Gasteiger partial charge in [0, 0.05) is 46.8 Å². The van der Waals surface area contributed by atoms with Crippen molar-refractivity contribution in [2.24, 2.45) is 29.6 Å². The summed E-state index contributed by atoms with van der Waals surface area (Å²) in [4.78, 5) is 200. The number of nitrogens with zero attached hydrogens (tertiary/aromatic N) is 7. The van der Waals surface area contributed by atoms with Crippen LogP contribution in [0.25, 0.3) is 22.6 Å². The smallest absolute Gasteiger partial charge is 0.329 e. The fourth-order valence-corrected chi connectivity index (χ4v) is 12.5. The Morgan fingerprint density at radius 3 is 1.59 bits per heavy atom. The molecule has 10 amide bonds. The number of likely N-dealkylation sites (N-methyl/N-ethyl adjacent to an activating group) is 4. The van der Waals surface area contributed by atoms with Gasteiger partial charge in [-0.1, -0.05) is 68.4 Å². The summed E-state index contributed by atoms with van der Waals surface area (Å²) in [6, 6.07) is -7.95. The van der Waals surface area contributed by atoms with E-state index >= 15 is 9.59 Å². The van der Waals surface area contributed by atoms with Crippen LogP contribution >= 0.6 is 0 Å². The van der Waals surface area contributed by atoms with Crippen LogP contribution in [0.3, 0.4) is 0 Å². The number of anilines is 1. The highest BCUT2D eigenvalue weighted by molar-refractivity contribution is 6.10. The zero-order valence-corrected chi connectivity index (χ0v) is 55.0. The summed E-state index contributed by atoms with van der Waals surface area (Å²) in [5, 5.41) is 10.7. The monoisotopic (exact) mass is 1270 g/mol. The number of ether oxygens (including phenoxy) is 2. The normalized spacial score (nSPS) is 26.9. The highest BCUT2D eigenvalue weighted by atomic mass is 16.6. The van der Waals surface area contributed by atoms with Crippen LogP contribution in [0.15, 0.2) is 21.3 Å². The number of nitrogens with two attached hydrogens (primary N) is 1. The first kappa shape index (κ1) is 69.7. The molecule has 0 saturated carbocycles. The summed E-state index contributed by atoms with van der Waals surface area (Å²) in [6.45, 7) is 20.2. The molecule has 4 saturated heterocycles. The van der Waals surface area contributed by atoms with E-state index in [-0.39, 0.29) is 59.8 Å². The lowest BCUT2D eigenvalue weighted by atomic mass is 9.98. The van der Waals surface area contributed by atoms with Gasteiger partial charge < -0.3 is 70.3 Å². The minimum Gasteiger partial charge on any atom is -0.458 e. The van der Waals surface area contributed by atoms with Gasteiger partial charge in [0.2, 0.25) is 52.7 Å². The number of rotatable bonds is 8. The van der Waals surface area contributed by atoms with Crippen LogP contribution < -0.4 is 32.4 Å². The molecule has 1 aromatic rings. The van der Waals surface area contributed by atoms with Crippen molar-refractivity contribution < 1.29 is 71.4 Å². The van der Waals surface area contributed by atoms with Gasteiger partial charge in [-0.2, -0.15) is 0 Å². The molecule has 0 spiro atoms. The SMILES string of the molecule is Cc1c2oc3c(C)ccc(C(=O)NC4C(=O)NC(C(C)C)C(=O)N5CCCC5C(=O)N(C)CC(=O)N(C)C(C(C)C)C(=O)OC4C)c3nc-2c(C(=O)NC2C(=O)NC(C(C)C)C(=O)N3CC(C)CC3C(=O)N(C)CC(=O)N(C)C(C(C)C)C(=O)OC2C)c(N)c1=O. The molecule has 1 aromatic carbocycles. The van der Waals surface area contributed by atoms with E-state index in [1.807, 2.05) is 6.92 Å². The first-order valence-electron chi connectivity index (χ1n) is 30.9. The third kappa shape index (κ3) is 14.1. The van der Waals surface area contributed by atoms with Gasteiger partial charge in [-0.05, 0) is 88.2 Å². The average Bonchev–Trinajstić information content (AvgIpc) is 1.68. The minimum absolute atomic E-state index is 0.0769. The zero-order valence-electron chi connectivity index (χ0n) is 55.0. The molecule has 4 fully saturated rings. The Morgan fingerprint density at radius 2 is 1.11 bits per heavy atom. The lowest BCUT2D eigenvalue weighted by Crippen LogP contribution is -2.61. The molecule has 91 heavy (non-hydrogen) atoms. The van der Waals surface area contributed by atoms with Gasteiger partial charge in [-0.25, -0.2) is 14.6 Å². The Labute approximate surface area is 528 Å². The molecule has 0 radical (unpaired) electrons. The number of nitrogen functional groups attached to an aromatic ring is 1. The molecule has 1 aliphatic carbocycles. The molecular formula is C63H88N12O16. The van der Waals surface area contributed by atoms with Crippen LogP contribution in [0, 0.1) is 43.4 Å². The van der Waals surface area contributed by atoms with E-state index in [0.29, 0.717) is 12.0 Å². The molecule has 5 aliphatic heterocycles. The number of carbonyl (C=O) groups excluding carboxylic acids is 12. The summed E-state index contributed by atoms with van der Waals surface area (Å²) in [5.74, 6) is -12.5. The van der Waals surface area contributed by atoms with E-state index < -0.39 is 191 Å². The zero-order chi connectivity index (χ0) is 67.8. The fraction of sp³-hybridized carbons (Fsp3) is 0.619. The van der Waals surface area contributed by atoms with Crippen LogP contribution in [-0.2, 0) is 57.4 Å². The third-order valence-corrected chi connectivity index (χ3v) is 17.8. The Kier molecular flexibility index (Phi) is 21.3. The molecule has 11 atom stereocenters. The first-order valence-corrected chi connectivity index (χ1v) is 30.9. The van der Waals surface area contributed by atoms with Crippen LogP contribution in [0.5, 0.6) is 0 Å². The Balaban J connectivity index is 1.32. The van der Waals surface area contributed by atoms with Gasteiger partial charge in [0.15, 0.2) is 11.3 Å². The van der Waals surface area contributed by atoms with Gasteiger partial charge >= 0.3 is 11.9 Å². The second-order valence-electron chi connectivity index (χ2n) is 26.2. The van der Waals surface area contributed by atoms with Crippen molar-refractivity contribution in [1.29, 1.82) is 0 Å². The summed E-state index contributed by atoms with van der Waals surface area (Å²) >= 11 is 0. The molecule has 7 rings (SSSR count).